The SMILES string of the molecule is CC.CCC(C)(F)C(N)c1ccc(C)o1. The second-order valence-electron chi connectivity index (χ2n) is 3.56. The van der Waals surface area contributed by atoms with Gasteiger partial charge in [-0.1, -0.05) is 20.8 Å². The van der Waals surface area contributed by atoms with Gasteiger partial charge in [-0.25, -0.2) is 4.39 Å². The number of halogens is 1. The molecule has 1 heterocycles. The van der Waals surface area contributed by atoms with Gasteiger partial charge in [-0.15, -0.1) is 0 Å². The van der Waals surface area contributed by atoms with Crippen molar-refractivity contribution in [2.24, 2.45) is 5.73 Å². The second-order valence-corrected chi connectivity index (χ2v) is 3.56. The van der Waals surface area contributed by atoms with Crippen molar-refractivity contribution < 1.29 is 8.81 Å². The molecule has 2 unspecified atom stereocenters. The fourth-order valence-corrected chi connectivity index (χ4v) is 1.14. The molecule has 1 aromatic rings. The highest BCUT2D eigenvalue weighted by Crippen LogP contribution is 2.30. The molecule has 88 valence electrons. The van der Waals surface area contributed by atoms with E-state index in [1.165, 1.54) is 6.92 Å². The Balaban J connectivity index is 0.000000921. The lowest BCUT2D eigenvalue weighted by molar-refractivity contribution is 0.130. The minimum absolute atomic E-state index is 0.383. The van der Waals surface area contributed by atoms with Gasteiger partial charge in [0.15, 0.2) is 0 Å². The largest absolute Gasteiger partial charge is 0.465 e. The lowest BCUT2D eigenvalue weighted by atomic mass is 9.94. The number of hydrogen-bond acceptors (Lipinski definition) is 2. The summed E-state index contributed by atoms with van der Waals surface area (Å²) in [5.41, 5.74) is 4.33. The van der Waals surface area contributed by atoms with Crippen molar-refractivity contribution in [1.82, 2.24) is 0 Å². The van der Waals surface area contributed by atoms with Crippen LogP contribution in [0.25, 0.3) is 0 Å². The van der Waals surface area contributed by atoms with Crippen LogP contribution in [0.2, 0.25) is 0 Å². The summed E-state index contributed by atoms with van der Waals surface area (Å²) in [5, 5.41) is 0. The maximum absolute atomic E-state index is 13.7. The van der Waals surface area contributed by atoms with Gasteiger partial charge in [-0.3, -0.25) is 0 Å². The third-order valence-corrected chi connectivity index (χ3v) is 2.41. The molecule has 1 aromatic heterocycles. The van der Waals surface area contributed by atoms with Crippen molar-refractivity contribution >= 4 is 0 Å². The molecule has 0 amide bonds. The maximum Gasteiger partial charge on any atom is 0.130 e. The highest BCUT2D eigenvalue weighted by molar-refractivity contribution is 5.12. The molecule has 0 aromatic carbocycles. The van der Waals surface area contributed by atoms with Crippen molar-refractivity contribution in [1.29, 1.82) is 0 Å². The molecule has 0 spiro atoms. The van der Waals surface area contributed by atoms with Gasteiger partial charge >= 0.3 is 0 Å². The van der Waals surface area contributed by atoms with Crippen molar-refractivity contribution in [3.05, 3.63) is 23.7 Å². The van der Waals surface area contributed by atoms with Gasteiger partial charge in [0.1, 0.15) is 17.2 Å². The lowest BCUT2D eigenvalue weighted by Gasteiger charge is -2.24. The van der Waals surface area contributed by atoms with Crippen molar-refractivity contribution in [2.75, 3.05) is 0 Å². The van der Waals surface area contributed by atoms with Crippen molar-refractivity contribution in [2.45, 2.75) is 52.8 Å². The fraction of sp³-hybridized carbons (Fsp3) is 0.667. The Hall–Kier alpha value is -0.830. The zero-order chi connectivity index (χ0) is 12.1. The minimum Gasteiger partial charge on any atom is -0.465 e. The smallest absolute Gasteiger partial charge is 0.130 e. The number of aryl methyl sites for hydroxylation is 1. The number of alkyl halides is 1. The third-order valence-electron chi connectivity index (χ3n) is 2.41. The van der Waals surface area contributed by atoms with Crippen LogP contribution in [0, 0.1) is 6.92 Å². The molecule has 0 aliphatic carbocycles. The topological polar surface area (TPSA) is 39.2 Å². The number of furan rings is 1. The zero-order valence-electron chi connectivity index (χ0n) is 10.3. The van der Waals surface area contributed by atoms with Crippen LogP contribution in [0.15, 0.2) is 16.5 Å². The van der Waals surface area contributed by atoms with Crippen LogP contribution < -0.4 is 5.73 Å². The fourth-order valence-electron chi connectivity index (χ4n) is 1.14. The summed E-state index contributed by atoms with van der Waals surface area (Å²) >= 11 is 0. The summed E-state index contributed by atoms with van der Waals surface area (Å²) in [6.07, 6.45) is 0.383. The quantitative estimate of drug-likeness (QED) is 0.834. The van der Waals surface area contributed by atoms with E-state index in [1.54, 1.807) is 19.1 Å². The van der Waals surface area contributed by atoms with Crippen LogP contribution in [0.3, 0.4) is 0 Å². The van der Waals surface area contributed by atoms with E-state index >= 15 is 0 Å². The van der Waals surface area contributed by atoms with Gasteiger partial charge in [0, 0.05) is 0 Å². The summed E-state index contributed by atoms with van der Waals surface area (Å²) in [6.45, 7) is 9.09. The maximum atomic E-state index is 13.7. The molecule has 1 rings (SSSR count). The van der Waals surface area contributed by atoms with E-state index < -0.39 is 11.7 Å². The minimum atomic E-state index is -1.40. The average molecular weight is 215 g/mol. The Kier molecular flexibility index (Phi) is 5.58. The Morgan fingerprint density at radius 1 is 1.47 bits per heavy atom. The first kappa shape index (κ1) is 14.2. The molecule has 0 aliphatic rings. The molecule has 0 saturated heterocycles. The third kappa shape index (κ3) is 3.67. The van der Waals surface area contributed by atoms with E-state index in [0.29, 0.717) is 12.2 Å². The Morgan fingerprint density at radius 3 is 2.33 bits per heavy atom. The number of nitrogens with two attached hydrogens (primary N) is 1. The molecule has 15 heavy (non-hydrogen) atoms. The van der Waals surface area contributed by atoms with E-state index in [9.17, 15) is 4.39 Å². The summed E-state index contributed by atoms with van der Waals surface area (Å²) in [5.74, 6) is 1.28. The molecule has 0 bridgehead atoms. The van der Waals surface area contributed by atoms with Crippen LogP contribution >= 0.6 is 0 Å². The molecule has 0 saturated carbocycles. The predicted molar refractivity (Wildman–Crippen MR) is 61.5 cm³/mol. The van der Waals surface area contributed by atoms with Gasteiger partial charge in [-0.05, 0) is 32.4 Å². The summed E-state index contributed by atoms with van der Waals surface area (Å²) < 4.78 is 19.0. The van der Waals surface area contributed by atoms with Crippen LogP contribution in [-0.4, -0.2) is 5.67 Å². The number of hydrogen-bond donors (Lipinski definition) is 1. The molecule has 2 atom stereocenters. The van der Waals surface area contributed by atoms with Gasteiger partial charge in [0.2, 0.25) is 0 Å². The number of rotatable bonds is 3. The van der Waals surface area contributed by atoms with E-state index in [0.717, 1.165) is 5.76 Å². The van der Waals surface area contributed by atoms with Crippen LogP contribution in [-0.2, 0) is 0 Å². The molecule has 3 heteroatoms. The van der Waals surface area contributed by atoms with E-state index in [1.807, 2.05) is 20.8 Å². The summed E-state index contributed by atoms with van der Waals surface area (Å²) in [7, 11) is 0. The normalized spacial score (nSPS) is 16.2. The van der Waals surface area contributed by atoms with Gasteiger partial charge in [0.05, 0.1) is 6.04 Å². The monoisotopic (exact) mass is 215 g/mol. The first-order valence-corrected chi connectivity index (χ1v) is 5.48. The van der Waals surface area contributed by atoms with Gasteiger partial charge in [-0.2, -0.15) is 0 Å². The van der Waals surface area contributed by atoms with E-state index in [4.69, 9.17) is 10.2 Å². The van der Waals surface area contributed by atoms with Crippen molar-refractivity contribution in [3.63, 3.8) is 0 Å². The molecule has 0 fully saturated rings. The first-order valence-electron chi connectivity index (χ1n) is 5.48. The van der Waals surface area contributed by atoms with E-state index in [-0.39, 0.29) is 0 Å². The van der Waals surface area contributed by atoms with Gasteiger partial charge < -0.3 is 10.2 Å². The molecule has 2 N–H and O–H groups in total. The Bertz CT molecular complexity index is 281. The summed E-state index contributed by atoms with van der Waals surface area (Å²) in [6, 6.07) is 2.85. The lowest BCUT2D eigenvalue weighted by Crippen LogP contribution is -2.33. The highest BCUT2D eigenvalue weighted by atomic mass is 19.1. The molecular weight excluding hydrogens is 193 g/mol. The van der Waals surface area contributed by atoms with E-state index in [2.05, 4.69) is 0 Å². The standard InChI is InChI=1S/C10H16FNO.C2H6/c1-4-10(3,11)9(12)8-6-5-7(2)13-8;1-2/h5-6,9H,4,12H2,1-3H3;1-2H3. The molecule has 2 nitrogen and oxygen atoms in total. The van der Waals surface area contributed by atoms with Crippen LogP contribution in [0.4, 0.5) is 4.39 Å². The predicted octanol–water partition coefficient (Wildman–Crippen LogP) is 3.75. The summed E-state index contributed by atoms with van der Waals surface area (Å²) in [4.78, 5) is 0. The Labute approximate surface area is 91.7 Å². The zero-order valence-corrected chi connectivity index (χ0v) is 10.3. The highest BCUT2D eigenvalue weighted by Gasteiger charge is 2.32. The average Bonchev–Trinajstić information content (AvgIpc) is 2.66. The Morgan fingerprint density at radius 2 is 2.00 bits per heavy atom. The molecular formula is C12H22FNO. The van der Waals surface area contributed by atoms with Crippen LogP contribution in [0.1, 0.15) is 51.7 Å². The second kappa shape index (κ2) is 5.91. The van der Waals surface area contributed by atoms with Crippen molar-refractivity contribution in [3.8, 4) is 0 Å². The van der Waals surface area contributed by atoms with Gasteiger partial charge in [0.25, 0.3) is 0 Å². The molecule has 0 aliphatic heterocycles. The molecule has 0 radical (unpaired) electrons. The van der Waals surface area contributed by atoms with Crippen LogP contribution in [0.5, 0.6) is 0 Å². The first-order chi connectivity index (χ1) is 6.97.